The molecule has 0 aromatic heterocycles. The molecule has 0 aromatic rings. The molecule has 0 saturated carbocycles. The molecule has 0 aliphatic carbocycles. The van der Waals surface area contributed by atoms with Crippen LogP contribution in [-0.2, 0) is 0 Å². The van der Waals surface area contributed by atoms with Gasteiger partial charge in [-0.3, -0.25) is 14.8 Å². The molecule has 2 aliphatic heterocycles. The highest BCUT2D eigenvalue weighted by molar-refractivity contribution is 5.79. The summed E-state index contributed by atoms with van der Waals surface area (Å²) in [6.07, 6.45) is 9.13. The third-order valence-corrected chi connectivity index (χ3v) is 3.65. The predicted molar refractivity (Wildman–Crippen MR) is 74.9 cm³/mol. The monoisotopic (exact) mass is 249 g/mol. The Morgan fingerprint density at radius 3 is 2.83 bits per heavy atom. The lowest BCUT2D eigenvalue weighted by molar-refractivity contribution is 0.0777. The molecule has 4 heteroatoms. The van der Waals surface area contributed by atoms with E-state index in [4.69, 9.17) is 5.11 Å². The van der Waals surface area contributed by atoms with E-state index in [1.807, 2.05) is 12.4 Å². The van der Waals surface area contributed by atoms with Crippen molar-refractivity contribution in [1.29, 1.82) is 0 Å². The molecular weight excluding hydrogens is 226 g/mol. The van der Waals surface area contributed by atoms with Crippen LogP contribution < -0.4 is 0 Å². The maximum absolute atomic E-state index is 9.16. The van der Waals surface area contributed by atoms with Gasteiger partial charge in [-0.2, -0.15) is 0 Å². The Bertz CT molecular complexity index is 341. The number of aliphatic imine (C=N–C) groups is 1. The Balaban J connectivity index is 1.78. The Labute approximate surface area is 109 Å². The number of rotatable bonds is 4. The fourth-order valence-electron chi connectivity index (χ4n) is 2.37. The van der Waals surface area contributed by atoms with Crippen molar-refractivity contribution < 1.29 is 5.11 Å². The molecule has 1 atom stereocenters. The minimum Gasteiger partial charge on any atom is -0.395 e. The van der Waals surface area contributed by atoms with Gasteiger partial charge in [0.15, 0.2) is 0 Å². The standard InChI is InChI=1S/C14H23N3O/c1-13(12-18)17-8-6-16(7-9-17)11-14-4-2-3-5-15-10-14/h3-5,10,13,18H,2,6-9,11-12H2,1H3. The summed E-state index contributed by atoms with van der Waals surface area (Å²) < 4.78 is 0. The summed E-state index contributed by atoms with van der Waals surface area (Å²) in [6, 6.07) is 0.287. The molecule has 0 spiro atoms. The van der Waals surface area contributed by atoms with Crippen molar-refractivity contribution in [3.63, 3.8) is 0 Å². The number of nitrogens with zero attached hydrogens (tertiary/aromatic N) is 3. The van der Waals surface area contributed by atoms with E-state index in [1.54, 1.807) is 0 Å². The van der Waals surface area contributed by atoms with Gasteiger partial charge in [0, 0.05) is 51.2 Å². The van der Waals surface area contributed by atoms with Crippen LogP contribution in [0.5, 0.6) is 0 Å². The van der Waals surface area contributed by atoms with Crippen LogP contribution in [0.15, 0.2) is 28.9 Å². The van der Waals surface area contributed by atoms with Crippen LogP contribution in [0.4, 0.5) is 0 Å². The van der Waals surface area contributed by atoms with Gasteiger partial charge >= 0.3 is 0 Å². The smallest absolute Gasteiger partial charge is 0.0584 e. The van der Waals surface area contributed by atoms with Crippen molar-refractivity contribution in [2.75, 3.05) is 39.3 Å². The summed E-state index contributed by atoms with van der Waals surface area (Å²) in [5.74, 6) is 0. The lowest BCUT2D eigenvalue weighted by Gasteiger charge is -2.37. The quantitative estimate of drug-likeness (QED) is 0.804. The van der Waals surface area contributed by atoms with Crippen molar-refractivity contribution in [3.05, 3.63) is 23.9 Å². The zero-order chi connectivity index (χ0) is 12.8. The van der Waals surface area contributed by atoms with Gasteiger partial charge in [0.25, 0.3) is 0 Å². The highest BCUT2D eigenvalue weighted by Crippen LogP contribution is 2.09. The number of allylic oxidation sites excluding steroid dienone is 2. The van der Waals surface area contributed by atoms with Crippen LogP contribution in [0, 0.1) is 0 Å². The molecule has 0 bridgehead atoms. The predicted octanol–water partition coefficient (Wildman–Crippen LogP) is 0.899. The van der Waals surface area contributed by atoms with Crippen molar-refractivity contribution in [2.24, 2.45) is 4.99 Å². The molecule has 2 heterocycles. The normalized spacial score (nSPS) is 23.8. The second kappa shape index (κ2) is 6.83. The largest absolute Gasteiger partial charge is 0.395 e. The number of aliphatic hydroxyl groups is 1. The molecule has 4 nitrogen and oxygen atoms in total. The summed E-state index contributed by atoms with van der Waals surface area (Å²) in [6.45, 7) is 7.57. The second-order valence-electron chi connectivity index (χ2n) is 5.02. The second-order valence-corrected chi connectivity index (χ2v) is 5.02. The molecule has 0 amide bonds. The van der Waals surface area contributed by atoms with Crippen molar-refractivity contribution in [3.8, 4) is 0 Å². The Kier molecular flexibility index (Phi) is 5.11. The highest BCUT2D eigenvalue weighted by Gasteiger charge is 2.20. The number of hydrogen-bond acceptors (Lipinski definition) is 4. The summed E-state index contributed by atoms with van der Waals surface area (Å²) in [4.78, 5) is 9.05. The molecule has 1 unspecified atom stereocenters. The summed E-state index contributed by atoms with van der Waals surface area (Å²) in [7, 11) is 0. The lowest BCUT2D eigenvalue weighted by atomic mass is 10.2. The van der Waals surface area contributed by atoms with Crippen LogP contribution >= 0.6 is 0 Å². The van der Waals surface area contributed by atoms with Gasteiger partial charge in [0.1, 0.15) is 0 Å². The third-order valence-electron chi connectivity index (χ3n) is 3.65. The van der Waals surface area contributed by atoms with Crippen molar-refractivity contribution in [1.82, 2.24) is 9.80 Å². The van der Waals surface area contributed by atoms with Crippen LogP contribution in [-0.4, -0.2) is 66.5 Å². The van der Waals surface area contributed by atoms with Crippen LogP contribution in [0.2, 0.25) is 0 Å². The molecule has 0 radical (unpaired) electrons. The van der Waals surface area contributed by atoms with Crippen LogP contribution in [0.25, 0.3) is 0 Å². The SMILES string of the molecule is CC(CO)N1CCN(CC2=CCC=CN=C2)CC1. The van der Waals surface area contributed by atoms with E-state index in [1.165, 1.54) is 5.57 Å². The molecule has 1 fully saturated rings. The third kappa shape index (κ3) is 3.77. The van der Waals surface area contributed by atoms with E-state index in [2.05, 4.69) is 33.9 Å². The summed E-state index contributed by atoms with van der Waals surface area (Å²) in [5.41, 5.74) is 1.31. The zero-order valence-corrected chi connectivity index (χ0v) is 11.1. The molecule has 0 aromatic carbocycles. The highest BCUT2D eigenvalue weighted by atomic mass is 16.3. The molecule has 18 heavy (non-hydrogen) atoms. The molecule has 2 aliphatic rings. The van der Waals surface area contributed by atoms with Crippen LogP contribution in [0.1, 0.15) is 13.3 Å². The van der Waals surface area contributed by atoms with Gasteiger partial charge in [-0.15, -0.1) is 0 Å². The van der Waals surface area contributed by atoms with Crippen molar-refractivity contribution >= 4 is 6.21 Å². The Morgan fingerprint density at radius 1 is 1.33 bits per heavy atom. The molecule has 1 N–H and O–H groups in total. The first-order chi connectivity index (χ1) is 8.79. The van der Waals surface area contributed by atoms with Gasteiger partial charge in [0.05, 0.1) is 6.61 Å². The summed E-state index contributed by atoms with van der Waals surface area (Å²) >= 11 is 0. The number of aliphatic hydroxyl groups excluding tert-OH is 1. The van der Waals surface area contributed by atoms with Gasteiger partial charge in [-0.1, -0.05) is 12.2 Å². The zero-order valence-electron chi connectivity index (χ0n) is 11.1. The fraction of sp³-hybridized carbons (Fsp3) is 0.643. The first-order valence-corrected chi connectivity index (χ1v) is 6.74. The number of hydrogen-bond donors (Lipinski definition) is 1. The van der Waals surface area contributed by atoms with E-state index in [-0.39, 0.29) is 12.6 Å². The van der Waals surface area contributed by atoms with E-state index >= 15 is 0 Å². The Hall–Kier alpha value is -0.970. The average molecular weight is 249 g/mol. The van der Waals surface area contributed by atoms with Gasteiger partial charge in [-0.25, -0.2) is 0 Å². The molecule has 1 saturated heterocycles. The van der Waals surface area contributed by atoms with Crippen LogP contribution in [0.3, 0.4) is 0 Å². The molecular formula is C14H23N3O. The molecule has 100 valence electrons. The fourth-order valence-corrected chi connectivity index (χ4v) is 2.37. The maximum Gasteiger partial charge on any atom is 0.0584 e. The minimum absolute atomic E-state index is 0.253. The maximum atomic E-state index is 9.16. The minimum atomic E-state index is 0.253. The van der Waals surface area contributed by atoms with Gasteiger partial charge in [-0.05, 0) is 18.9 Å². The topological polar surface area (TPSA) is 39.1 Å². The Morgan fingerprint density at radius 2 is 2.11 bits per heavy atom. The van der Waals surface area contributed by atoms with Crippen molar-refractivity contribution in [2.45, 2.75) is 19.4 Å². The van der Waals surface area contributed by atoms with Gasteiger partial charge in [0.2, 0.25) is 0 Å². The average Bonchev–Trinajstić information content (AvgIpc) is 2.67. The first-order valence-electron chi connectivity index (χ1n) is 6.74. The van der Waals surface area contributed by atoms with E-state index < -0.39 is 0 Å². The van der Waals surface area contributed by atoms with Gasteiger partial charge < -0.3 is 5.11 Å². The van der Waals surface area contributed by atoms with E-state index in [9.17, 15) is 0 Å². The van der Waals surface area contributed by atoms with E-state index in [0.717, 1.165) is 39.1 Å². The molecule has 2 rings (SSSR count). The van der Waals surface area contributed by atoms with E-state index in [0.29, 0.717) is 0 Å². The number of piperazine rings is 1. The summed E-state index contributed by atoms with van der Waals surface area (Å²) in [5, 5.41) is 9.16. The first kappa shape index (κ1) is 13.5. The lowest BCUT2D eigenvalue weighted by Crippen LogP contribution is -2.50.